The molecule has 0 saturated heterocycles. The Balaban J connectivity index is 1.61. The second-order valence-electron chi connectivity index (χ2n) is 4.90. The van der Waals surface area contributed by atoms with Crippen LogP contribution in [0.15, 0.2) is 54.7 Å². The number of nitrogens with two attached hydrogens (primary N) is 1. The van der Waals surface area contributed by atoms with E-state index in [2.05, 4.69) is 32.9 Å². The van der Waals surface area contributed by atoms with Gasteiger partial charge in [0.05, 0.1) is 12.1 Å². The Labute approximate surface area is 157 Å². The lowest BCUT2D eigenvalue weighted by Crippen LogP contribution is -2.23. The first-order valence-corrected chi connectivity index (χ1v) is 9.02. The van der Waals surface area contributed by atoms with Crippen molar-refractivity contribution in [3.05, 3.63) is 68.7 Å². The van der Waals surface area contributed by atoms with Crippen molar-refractivity contribution in [1.29, 1.82) is 0 Å². The molecule has 0 bridgehead atoms. The van der Waals surface area contributed by atoms with Crippen LogP contribution in [0.1, 0.15) is 15.2 Å². The predicted octanol–water partition coefficient (Wildman–Crippen LogP) is 4.05. The maximum absolute atomic E-state index is 12.2. The Kier molecular flexibility index (Phi) is 5.31. The molecule has 0 radical (unpaired) electrons. The van der Waals surface area contributed by atoms with E-state index in [9.17, 15) is 4.79 Å². The van der Waals surface area contributed by atoms with Gasteiger partial charge in [-0.3, -0.25) is 4.79 Å². The number of thiophene rings is 1. The number of para-hydroxylation sites is 1. The smallest absolute Gasteiger partial charge is 0.255 e. The molecule has 122 valence electrons. The van der Waals surface area contributed by atoms with E-state index in [0.717, 1.165) is 19.3 Å². The maximum atomic E-state index is 12.2. The molecule has 7 heteroatoms. The summed E-state index contributed by atoms with van der Waals surface area (Å²) in [5.41, 5.74) is 6.14. The molecule has 0 saturated carbocycles. The third kappa shape index (κ3) is 4.24. The second kappa shape index (κ2) is 7.63. The average Bonchev–Trinajstić information content (AvgIpc) is 3.03. The van der Waals surface area contributed by atoms with Gasteiger partial charge in [0.2, 0.25) is 0 Å². The minimum Gasteiger partial charge on any atom is -0.447 e. The quantitative estimate of drug-likeness (QED) is 0.574. The fraction of sp³-hybridized carbons (Fsp3) is 0.0588. The molecular weight excluding hydrogens is 437 g/mol. The summed E-state index contributed by atoms with van der Waals surface area (Å²) in [5.74, 6) is 0.775. The molecule has 2 heterocycles. The summed E-state index contributed by atoms with van der Waals surface area (Å²) in [6.45, 7) is 0.409. The van der Waals surface area contributed by atoms with E-state index in [0.29, 0.717) is 12.1 Å². The topological polar surface area (TPSA) is 77.2 Å². The first-order valence-electron chi connectivity index (χ1n) is 7.12. The zero-order chi connectivity index (χ0) is 16.9. The van der Waals surface area contributed by atoms with Crippen LogP contribution >= 0.6 is 33.9 Å². The van der Waals surface area contributed by atoms with E-state index in [1.54, 1.807) is 12.3 Å². The molecule has 24 heavy (non-hydrogen) atoms. The van der Waals surface area contributed by atoms with Crippen LogP contribution in [0.25, 0.3) is 0 Å². The average molecular weight is 451 g/mol. The summed E-state index contributed by atoms with van der Waals surface area (Å²) < 4.78 is 6.62. The first kappa shape index (κ1) is 16.7. The number of ether oxygens (including phenoxy) is 1. The van der Waals surface area contributed by atoms with E-state index >= 15 is 0 Å². The van der Waals surface area contributed by atoms with Gasteiger partial charge in [0.15, 0.2) is 5.06 Å². The van der Waals surface area contributed by atoms with Crippen molar-refractivity contribution in [3.63, 3.8) is 0 Å². The van der Waals surface area contributed by atoms with E-state index in [-0.39, 0.29) is 11.7 Å². The van der Waals surface area contributed by atoms with Crippen molar-refractivity contribution in [3.8, 4) is 10.8 Å². The van der Waals surface area contributed by atoms with Crippen LogP contribution in [0.3, 0.4) is 0 Å². The summed E-state index contributed by atoms with van der Waals surface area (Å²) in [4.78, 5) is 17.2. The number of pyridine rings is 1. The molecule has 0 unspecified atom stereocenters. The van der Waals surface area contributed by atoms with Crippen LogP contribution in [0.2, 0.25) is 0 Å². The van der Waals surface area contributed by atoms with Gasteiger partial charge in [-0.05, 0) is 52.9 Å². The monoisotopic (exact) mass is 451 g/mol. The number of nitrogens with one attached hydrogen (secondary N) is 1. The van der Waals surface area contributed by atoms with Gasteiger partial charge in [0.25, 0.3) is 5.91 Å². The van der Waals surface area contributed by atoms with Crippen molar-refractivity contribution in [2.75, 3.05) is 5.73 Å². The van der Waals surface area contributed by atoms with E-state index in [1.165, 1.54) is 11.3 Å². The fourth-order valence-electron chi connectivity index (χ4n) is 2.01. The Morgan fingerprint density at radius 2 is 2.04 bits per heavy atom. The summed E-state index contributed by atoms with van der Waals surface area (Å²) in [7, 11) is 0. The van der Waals surface area contributed by atoms with Gasteiger partial charge in [-0.15, -0.1) is 11.3 Å². The molecule has 3 N–H and O–H groups in total. The number of hydrogen-bond donors (Lipinski definition) is 2. The third-order valence-electron chi connectivity index (χ3n) is 3.15. The number of anilines is 1. The van der Waals surface area contributed by atoms with Gasteiger partial charge in [0.1, 0.15) is 11.6 Å². The molecule has 5 nitrogen and oxygen atoms in total. The van der Waals surface area contributed by atoms with Crippen molar-refractivity contribution < 1.29 is 9.53 Å². The zero-order valence-corrected chi connectivity index (χ0v) is 15.5. The van der Waals surface area contributed by atoms with Crippen molar-refractivity contribution in [2.45, 2.75) is 6.54 Å². The summed E-state index contributed by atoms with van der Waals surface area (Å²) in [6, 6.07) is 15.1. The van der Waals surface area contributed by atoms with Gasteiger partial charge >= 0.3 is 0 Å². The van der Waals surface area contributed by atoms with E-state index in [4.69, 9.17) is 10.5 Å². The van der Waals surface area contributed by atoms with Gasteiger partial charge in [-0.25, -0.2) is 4.98 Å². The van der Waals surface area contributed by atoms with Gasteiger partial charge < -0.3 is 15.8 Å². The molecule has 2 aromatic heterocycles. The lowest BCUT2D eigenvalue weighted by atomic mass is 10.2. The molecule has 3 aromatic rings. The molecule has 1 amide bonds. The largest absolute Gasteiger partial charge is 0.447 e. The summed E-state index contributed by atoms with van der Waals surface area (Å²) >= 11 is 3.58. The second-order valence-corrected chi connectivity index (χ2v) is 7.28. The number of nitrogens with zero attached hydrogens (tertiary/aromatic N) is 1. The Bertz CT molecular complexity index is 852. The molecule has 0 atom stereocenters. The highest BCUT2D eigenvalue weighted by atomic mass is 127. The van der Waals surface area contributed by atoms with Gasteiger partial charge in [0, 0.05) is 14.6 Å². The lowest BCUT2D eigenvalue weighted by molar-refractivity contribution is 0.0952. The Morgan fingerprint density at radius 1 is 1.25 bits per heavy atom. The van der Waals surface area contributed by atoms with Gasteiger partial charge in [-0.2, -0.15) is 0 Å². The number of hydrogen-bond acceptors (Lipinski definition) is 5. The first-order chi connectivity index (χ1) is 11.6. The highest BCUT2D eigenvalue weighted by molar-refractivity contribution is 14.1. The lowest BCUT2D eigenvalue weighted by Gasteiger charge is -2.06. The molecule has 3 rings (SSSR count). The Hall–Kier alpha value is -2.13. The number of carbonyl (C=O) groups excluding carboxylic acids is 1. The minimum absolute atomic E-state index is 0.229. The molecule has 1 aromatic carbocycles. The van der Waals surface area contributed by atoms with Crippen LogP contribution in [0, 0.1) is 3.57 Å². The van der Waals surface area contributed by atoms with Crippen molar-refractivity contribution in [2.24, 2.45) is 0 Å². The van der Waals surface area contributed by atoms with Crippen LogP contribution < -0.4 is 15.8 Å². The highest BCUT2D eigenvalue weighted by Crippen LogP contribution is 2.29. The summed E-state index contributed by atoms with van der Waals surface area (Å²) in [5, 5.41) is 3.63. The predicted molar refractivity (Wildman–Crippen MR) is 103 cm³/mol. The highest BCUT2D eigenvalue weighted by Gasteiger charge is 2.12. The molecular formula is C17H14IN3O2S. The van der Waals surface area contributed by atoms with Crippen LogP contribution in [0.5, 0.6) is 10.8 Å². The molecule has 0 fully saturated rings. The zero-order valence-electron chi connectivity index (χ0n) is 12.5. The number of halogens is 1. The normalized spacial score (nSPS) is 10.4. The number of nitrogen functional groups attached to an aromatic ring is 1. The minimum atomic E-state index is -0.238. The molecule has 0 aliphatic rings. The number of carbonyl (C=O) groups is 1. The number of rotatable bonds is 5. The maximum Gasteiger partial charge on any atom is 0.255 e. The SMILES string of the molecule is Nc1ncc(I)cc1C(=O)NCc1ccc(Oc2ccccc2)s1. The molecule has 0 spiro atoms. The van der Waals surface area contributed by atoms with Crippen molar-refractivity contribution >= 4 is 45.7 Å². The third-order valence-corrected chi connectivity index (χ3v) is 4.70. The number of amides is 1. The Morgan fingerprint density at radius 3 is 2.83 bits per heavy atom. The van der Waals surface area contributed by atoms with E-state index in [1.807, 2.05) is 42.5 Å². The van der Waals surface area contributed by atoms with Crippen molar-refractivity contribution in [1.82, 2.24) is 10.3 Å². The molecule has 0 aliphatic carbocycles. The van der Waals surface area contributed by atoms with Crippen LogP contribution in [-0.4, -0.2) is 10.9 Å². The van der Waals surface area contributed by atoms with E-state index < -0.39 is 0 Å². The fourth-order valence-corrected chi connectivity index (χ4v) is 3.27. The van der Waals surface area contributed by atoms with Crippen LogP contribution in [0.4, 0.5) is 5.82 Å². The van der Waals surface area contributed by atoms with Gasteiger partial charge in [-0.1, -0.05) is 18.2 Å². The molecule has 0 aliphatic heterocycles. The standard InChI is InChI=1S/C17H14IN3O2S/c18-11-8-14(16(19)20-9-11)17(22)21-10-13-6-7-15(24-13)23-12-4-2-1-3-5-12/h1-9H,10H2,(H2,19,20)(H,21,22). The number of aromatic nitrogens is 1. The summed E-state index contributed by atoms with van der Waals surface area (Å²) in [6.07, 6.45) is 1.62. The number of benzene rings is 1. The van der Waals surface area contributed by atoms with Crippen LogP contribution in [-0.2, 0) is 6.54 Å².